The van der Waals surface area contributed by atoms with E-state index < -0.39 is 5.79 Å². The van der Waals surface area contributed by atoms with Gasteiger partial charge in [-0.2, -0.15) is 0 Å². The predicted molar refractivity (Wildman–Crippen MR) is 97.3 cm³/mol. The summed E-state index contributed by atoms with van der Waals surface area (Å²) in [7, 11) is 0. The van der Waals surface area contributed by atoms with E-state index in [1.807, 2.05) is 0 Å². The molecule has 7 atom stereocenters. The summed E-state index contributed by atoms with van der Waals surface area (Å²) in [5, 5.41) is 10.3. The van der Waals surface area contributed by atoms with Gasteiger partial charge in [-0.3, -0.25) is 4.79 Å². The summed E-state index contributed by atoms with van der Waals surface area (Å²) in [6.07, 6.45) is 7.65. The first-order valence-electron chi connectivity index (χ1n) is 10.8. The Bertz CT molecular complexity index is 626. The van der Waals surface area contributed by atoms with E-state index in [0.29, 0.717) is 37.3 Å². The van der Waals surface area contributed by atoms with Crippen LogP contribution in [-0.4, -0.2) is 36.5 Å². The van der Waals surface area contributed by atoms with Crippen LogP contribution < -0.4 is 0 Å². The quantitative estimate of drug-likeness (QED) is 0.775. The van der Waals surface area contributed by atoms with Crippen molar-refractivity contribution in [3.8, 4) is 0 Å². The minimum Gasteiger partial charge on any atom is -0.396 e. The van der Waals surface area contributed by atoms with Crippen molar-refractivity contribution >= 4 is 5.78 Å². The monoisotopic (exact) mass is 362 g/mol. The molecule has 0 amide bonds. The highest BCUT2D eigenvalue weighted by atomic mass is 16.7. The Hall–Kier alpha value is -0.450. The van der Waals surface area contributed by atoms with Crippen molar-refractivity contribution in [2.24, 2.45) is 39.9 Å². The zero-order valence-electron chi connectivity index (χ0n) is 16.6. The number of aliphatic hydroxyl groups excluding tert-OH is 1. The molecule has 1 saturated heterocycles. The largest absolute Gasteiger partial charge is 0.396 e. The fourth-order valence-electron chi connectivity index (χ4n) is 8.72. The van der Waals surface area contributed by atoms with Gasteiger partial charge in [-0.15, -0.1) is 0 Å². The van der Waals surface area contributed by atoms with E-state index in [-0.39, 0.29) is 34.7 Å². The smallest absolute Gasteiger partial charge is 0.181 e. The number of ether oxygens (including phenoxy) is 2. The van der Waals surface area contributed by atoms with E-state index in [4.69, 9.17) is 9.47 Å². The summed E-state index contributed by atoms with van der Waals surface area (Å²) in [6, 6.07) is 0. The highest BCUT2D eigenvalue weighted by Gasteiger charge is 2.79. The van der Waals surface area contributed by atoms with Gasteiger partial charge in [0.15, 0.2) is 5.79 Å². The minimum absolute atomic E-state index is 0.0104. The first-order valence-corrected chi connectivity index (χ1v) is 10.8. The summed E-state index contributed by atoms with van der Waals surface area (Å²) >= 11 is 0. The van der Waals surface area contributed by atoms with Crippen molar-refractivity contribution in [2.45, 2.75) is 71.5 Å². The van der Waals surface area contributed by atoms with E-state index in [9.17, 15) is 9.90 Å². The Morgan fingerprint density at radius 1 is 1.15 bits per heavy atom. The lowest BCUT2D eigenvalue weighted by Crippen LogP contribution is -2.76. The highest BCUT2D eigenvalue weighted by Crippen LogP contribution is 2.78. The summed E-state index contributed by atoms with van der Waals surface area (Å²) < 4.78 is 12.5. The molecule has 26 heavy (non-hydrogen) atoms. The average Bonchev–Trinajstić information content (AvgIpc) is 3.06. The third-order valence-electron chi connectivity index (χ3n) is 9.78. The number of ketones is 1. The molecule has 0 aromatic heterocycles. The molecule has 5 rings (SSSR count). The molecule has 4 heteroatoms. The molecule has 5 aliphatic rings. The number of rotatable bonds is 1. The van der Waals surface area contributed by atoms with Crippen LogP contribution in [0, 0.1) is 39.9 Å². The van der Waals surface area contributed by atoms with Crippen LogP contribution in [0.2, 0.25) is 0 Å². The minimum atomic E-state index is -0.677. The Labute approximate surface area is 157 Å². The maximum absolute atomic E-state index is 13.1. The van der Waals surface area contributed by atoms with Crippen LogP contribution in [-0.2, 0) is 14.3 Å². The van der Waals surface area contributed by atoms with Crippen LogP contribution in [0.3, 0.4) is 0 Å². The Morgan fingerprint density at radius 2 is 1.88 bits per heavy atom. The molecule has 0 radical (unpaired) electrons. The van der Waals surface area contributed by atoms with Gasteiger partial charge in [0.1, 0.15) is 5.78 Å². The standard InChI is InChI=1S/C22H34O4/c1-14-11-15-5-6-17-19(2,13-23)7-4-8-20(17,3)21(15)12-16(24)18(21)22(14)25-9-10-26-22/h14-15,17-18,23H,4-13H2,1-3H3/t14?,15-,17-,18-,19+,20-,21+/m0/s1. The van der Waals surface area contributed by atoms with E-state index >= 15 is 0 Å². The number of hydrogen-bond donors (Lipinski definition) is 1. The van der Waals surface area contributed by atoms with Gasteiger partial charge in [0, 0.05) is 24.4 Å². The number of carbonyl (C=O) groups excluding carboxylic acids is 1. The molecule has 0 aromatic rings. The topological polar surface area (TPSA) is 55.8 Å². The fraction of sp³-hybridized carbons (Fsp3) is 0.955. The molecule has 4 aliphatic carbocycles. The van der Waals surface area contributed by atoms with Gasteiger partial charge < -0.3 is 14.6 Å². The molecule has 146 valence electrons. The van der Waals surface area contributed by atoms with E-state index in [2.05, 4.69) is 20.8 Å². The third kappa shape index (κ3) is 1.76. The summed E-state index contributed by atoms with van der Waals surface area (Å²) in [5.74, 6) is 0.962. The first kappa shape index (κ1) is 17.6. The van der Waals surface area contributed by atoms with Crippen molar-refractivity contribution in [3.05, 3.63) is 0 Å². The van der Waals surface area contributed by atoms with E-state index in [0.717, 1.165) is 19.3 Å². The summed E-state index contributed by atoms with van der Waals surface area (Å²) in [6.45, 7) is 8.46. The Balaban J connectivity index is 1.64. The van der Waals surface area contributed by atoms with Crippen LogP contribution >= 0.6 is 0 Å². The fourth-order valence-corrected chi connectivity index (χ4v) is 8.72. The van der Waals surface area contributed by atoms with Crippen molar-refractivity contribution < 1.29 is 19.4 Å². The predicted octanol–water partition coefficient (Wildman–Crippen LogP) is 3.56. The van der Waals surface area contributed by atoms with Crippen LogP contribution in [0.1, 0.15) is 65.7 Å². The molecule has 2 spiro atoms. The van der Waals surface area contributed by atoms with Crippen molar-refractivity contribution in [1.29, 1.82) is 0 Å². The molecule has 5 fully saturated rings. The number of aliphatic hydroxyl groups is 1. The number of fused-ring (bicyclic) bond motifs is 2. The lowest BCUT2D eigenvalue weighted by atomic mass is 9.29. The molecule has 4 saturated carbocycles. The number of hydrogen-bond acceptors (Lipinski definition) is 4. The first-order chi connectivity index (χ1) is 12.3. The molecule has 1 N–H and O–H groups in total. The Morgan fingerprint density at radius 3 is 2.54 bits per heavy atom. The highest BCUT2D eigenvalue weighted by molar-refractivity contribution is 5.91. The van der Waals surface area contributed by atoms with Gasteiger partial charge >= 0.3 is 0 Å². The maximum atomic E-state index is 13.1. The van der Waals surface area contributed by atoms with Crippen LogP contribution in [0.4, 0.5) is 0 Å². The van der Waals surface area contributed by atoms with Gasteiger partial charge in [0.25, 0.3) is 0 Å². The molecule has 0 bridgehead atoms. The van der Waals surface area contributed by atoms with Crippen molar-refractivity contribution in [2.75, 3.05) is 19.8 Å². The van der Waals surface area contributed by atoms with Gasteiger partial charge in [-0.1, -0.05) is 27.2 Å². The second-order valence-electron chi connectivity index (χ2n) is 10.6. The lowest BCUT2D eigenvalue weighted by Gasteiger charge is -2.75. The van der Waals surface area contributed by atoms with E-state index in [1.165, 1.54) is 19.3 Å². The van der Waals surface area contributed by atoms with Gasteiger partial charge in [0.05, 0.1) is 19.1 Å². The van der Waals surface area contributed by atoms with Crippen LogP contribution in [0.25, 0.3) is 0 Å². The molecule has 1 heterocycles. The second kappa shape index (κ2) is 5.33. The molecule has 0 aromatic carbocycles. The molecular formula is C22H34O4. The van der Waals surface area contributed by atoms with Gasteiger partial charge in [-0.25, -0.2) is 0 Å². The number of Topliss-reactive ketones (excluding diaryl/α,β-unsaturated/α-hetero) is 1. The van der Waals surface area contributed by atoms with Gasteiger partial charge in [0.2, 0.25) is 0 Å². The van der Waals surface area contributed by atoms with Crippen LogP contribution in [0.15, 0.2) is 0 Å². The zero-order valence-corrected chi connectivity index (χ0v) is 16.6. The Kier molecular flexibility index (Phi) is 3.61. The zero-order chi connectivity index (χ0) is 18.4. The second-order valence-corrected chi connectivity index (χ2v) is 10.6. The average molecular weight is 363 g/mol. The van der Waals surface area contributed by atoms with Gasteiger partial charge in [-0.05, 0) is 54.8 Å². The molecule has 1 aliphatic heterocycles. The summed E-state index contributed by atoms with van der Waals surface area (Å²) in [5.41, 5.74) is 0.108. The molecular weight excluding hydrogens is 328 g/mol. The number of carbonyl (C=O) groups is 1. The van der Waals surface area contributed by atoms with Crippen molar-refractivity contribution in [3.63, 3.8) is 0 Å². The summed E-state index contributed by atoms with van der Waals surface area (Å²) in [4.78, 5) is 13.1. The normalized spacial score (nSPS) is 55.0. The van der Waals surface area contributed by atoms with Crippen LogP contribution in [0.5, 0.6) is 0 Å². The molecule has 4 nitrogen and oxygen atoms in total. The molecule has 1 unspecified atom stereocenters. The SMILES string of the molecule is CC1C[C@@H]2CC[C@H]3[C@@](C)(CO)CCC[C@]3(C)[C@]23CC(=O)[C@@H]3C12OCCO2. The lowest BCUT2D eigenvalue weighted by molar-refractivity contribution is -0.338. The maximum Gasteiger partial charge on any atom is 0.181 e. The van der Waals surface area contributed by atoms with E-state index in [1.54, 1.807) is 0 Å². The third-order valence-corrected chi connectivity index (χ3v) is 9.78. The van der Waals surface area contributed by atoms with Crippen molar-refractivity contribution in [1.82, 2.24) is 0 Å².